The number of rotatable bonds is 4. The topological polar surface area (TPSA) is 65.8 Å². The van der Waals surface area contributed by atoms with E-state index in [4.69, 9.17) is 14.2 Å². The van der Waals surface area contributed by atoms with Crippen molar-refractivity contribution in [2.24, 2.45) is 0 Å². The molecule has 2 atom stereocenters. The minimum absolute atomic E-state index is 0.0291. The standard InChI is InChI=1S/C26H27N3O4/c1-17-14-28(16-27-17)22-9-8-19(12-24(22)31-3)13-25-26(30)29(15-18(2)33-25)21-10-11-32-23-7-5-4-6-20(21)23/h4-9,12-14,16,18,21H,10-11,15H2,1-3H3/b25-13-/t18-,21-/m0/s1. The van der Waals surface area contributed by atoms with Crippen molar-refractivity contribution >= 4 is 12.0 Å². The zero-order chi connectivity index (χ0) is 22.9. The molecule has 1 fully saturated rings. The number of carbonyl (C=O) groups is 1. The minimum Gasteiger partial charge on any atom is -0.495 e. The number of aromatic nitrogens is 2. The van der Waals surface area contributed by atoms with Crippen molar-refractivity contribution in [2.75, 3.05) is 20.3 Å². The second-order valence-electron chi connectivity index (χ2n) is 8.44. The van der Waals surface area contributed by atoms with Crippen molar-refractivity contribution in [3.8, 4) is 17.2 Å². The number of nitrogens with zero attached hydrogens (tertiary/aromatic N) is 3. The number of benzene rings is 2. The van der Waals surface area contributed by atoms with Crippen LogP contribution in [0.25, 0.3) is 11.8 Å². The number of carbonyl (C=O) groups excluding carboxylic acids is 1. The molecule has 0 saturated carbocycles. The Bertz CT molecular complexity index is 1220. The van der Waals surface area contributed by atoms with Gasteiger partial charge in [-0.25, -0.2) is 4.98 Å². The number of amides is 1. The van der Waals surface area contributed by atoms with Crippen molar-refractivity contribution in [1.82, 2.24) is 14.5 Å². The average molecular weight is 446 g/mol. The lowest BCUT2D eigenvalue weighted by Crippen LogP contribution is -2.47. The molecule has 0 N–H and O–H groups in total. The molecule has 1 amide bonds. The molecule has 170 valence electrons. The minimum atomic E-state index is -0.112. The molecule has 0 spiro atoms. The predicted octanol–water partition coefficient (Wildman–Crippen LogP) is 4.30. The summed E-state index contributed by atoms with van der Waals surface area (Å²) in [4.78, 5) is 19.7. The van der Waals surface area contributed by atoms with Crippen LogP contribution in [0.4, 0.5) is 0 Å². The van der Waals surface area contributed by atoms with Gasteiger partial charge in [-0.3, -0.25) is 4.79 Å². The normalized spacial score (nSPS) is 21.4. The largest absolute Gasteiger partial charge is 0.495 e. The van der Waals surface area contributed by atoms with Gasteiger partial charge in [0.25, 0.3) is 5.91 Å². The molecular weight excluding hydrogens is 418 g/mol. The molecule has 7 nitrogen and oxygen atoms in total. The molecule has 5 rings (SSSR count). The number of imidazole rings is 1. The highest BCUT2D eigenvalue weighted by atomic mass is 16.5. The molecule has 3 heterocycles. The van der Waals surface area contributed by atoms with Crippen LogP contribution in [-0.2, 0) is 9.53 Å². The Labute approximate surface area is 193 Å². The highest BCUT2D eigenvalue weighted by molar-refractivity contribution is 5.97. The molecule has 7 heteroatoms. The van der Waals surface area contributed by atoms with E-state index in [1.54, 1.807) is 19.5 Å². The van der Waals surface area contributed by atoms with Gasteiger partial charge in [-0.2, -0.15) is 0 Å². The van der Waals surface area contributed by atoms with Crippen LogP contribution in [0.1, 0.15) is 36.2 Å². The van der Waals surface area contributed by atoms with Crippen LogP contribution < -0.4 is 9.47 Å². The van der Waals surface area contributed by atoms with Crippen molar-refractivity contribution in [3.63, 3.8) is 0 Å². The van der Waals surface area contributed by atoms with E-state index in [1.165, 1.54) is 0 Å². The van der Waals surface area contributed by atoms with Gasteiger partial charge >= 0.3 is 0 Å². The Hall–Kier alpha value is -3.74. The average Bonchev–Trinajstić information content (AvgIpc) is 3.26. The summed E-state index contributed by atoms with van der Waals surface area (Å²) in [6, 6.07) is 13.7. The van der Waals surface area contributed by atoms with E-state index in [1.807, 2.05) is 72.0 Å². The van der Waals surface area contributed by atoms with Gasteiger partial charge in [0.1, 0.15) is 17.6 Å². The molecule has 1 saturated heterocycles. The van der Waals surface area contributed by atoms with Crippen LogP contribution in [0.5, 0.6) is 11.5 Å². The zero-order valence-electron chi connectivity index (χ0n) is 19.0. The van der Waals surface area contributed by atoms with Gasteiger partial charge in [0.15, 0.2) is 5.76 Å². The second-order valence-corrected chi connectivity index (χ2v) is 8.44. The summed E-state index contributed by atoms with van der Waals surface area (Å²) in [6.07, 6.45) is 6.13. The Morgan fingerprint density at radius 3 is 2.85 bits per heavy atom. The Balaban J connectivity index is 1.46. The fourth-order valence-corrected chi connectivity index (χ4v) is 4.52. The molecule has 1 aromatic heterocycles. The summed E-state index contributed by atoms with van der Waals surface area (Å²) in [5, 5.41) is 0. The van der Waals surface area contributed by atoms with Crippen LogP contribution in [0.3, 0.4) is 0 Å². The van der Waals surface area contributed by atoms with E-state index < -0.39 is 0 Å². The van der Waals surface area contributed by atoms with Crippen LogP contribution in [0, 0.1) is 6.92 Å². The number of morpholine rings is 1. The lowest BCUT2D eigenvalue weighted by molar-refractivity contribution is -0.142. The quantitative estimate of drug-likeness (QED) is 0.560. The first-order valence-corrected chi connectivity index (χ1v) is 11.1. The van der Waals surface area contributed by atoms with Gasteiger partial charge in [-0.05, 0) is 43.7 Å². The van der Waals surface area contributed by atoms with Crippen LogP contribution in [-0.4, -0.2) is 46.7 Å². The Morgan fingerprint density at radius 1 is 1.21 bits per heavy atom. The second kappa shape index (κ2) is 8.65. The molecule has 3 aromatic rings. The van der Waals surface area contributed by atoms with Gasteiger partial charge < -0.3 is 23.7 Å². The van der Waals surface area contributed by atoms with Crippen LogP contribution in [0.2, 0.25) is 0 Å². The summed E-state index contributed by atoms with van der Waals surface area (Å²) in [5.41, 5.74) is 3.68. The third kappa shape index (κ3) is 4.06. The predicted molar refractivity (Wildman–Crippen MR) is 124 cm³/mol. The summed E-state index contributed by atoms with van der Waals surface area (Å²) in [7, 11) is 1.63. The third-order valence-electron chi connectivity index (χ3n) is 6.05. The monoisotopic (exact) mass is 445 g/mol. The van der Waals surface area contributed by atoms with E-state index >= 15 is 0 Å². The molecule has 0 bridgehead atoms. The van der Waals surface area contributed by atoms with E-state index in [0.717, 1.165) is 34.7 Å². The summed E-state index contributed by atoms with van der Waals surface area (Å²) < 4.78 is 19.3. The number of para-hydroxylation sites is 1. The van der Waals surface area contributed by atoms with E-state index in [2.05, 4.69) is 4.98 Å². The van der Waals surface area contributed by atoms with Crippen molar-refractivity contribution in [2.45, 2.75) is 32.4 Å². The first-order chi connectivity index (χ1) is 16.0. The molecule has 2 aliphatic rings. The number of fused-ring (bicyclic) bond motifs is 1. The van der Waals surface area contributed by atoms with E-state index in [-0.39, 0.29) is 18.1 Å². The maximum Gasteiger partial charge on any atom is 0.289 e. The van der Waals surface area contributed by atoms with Crippen LogP contribution >= 0.6 is 0 Å². The number of hydrogen-bond acceptors (Lipinski definition) is 5. The number of methoxy groups -OCH3 is 1. The number of ether oxygens (including phenoxy) is 3. The molecule has 2 aliphatic heterocycles. The molecule has 33 heavy (non-hydrogen) atoms. The fraction of sp³-hybridized carbons (Fsp3) is 0.308. The Morgan fingerprint density at radius 2 is 2.06 bits per heavy atom. The van der Waals surface area contributed by atoms with E-state index in [0.29, 0.717) is 24.7 Å². The summed E-state index contributed by atoms with van der Waals surface area (Å²) in [6.45, 7) is 5.06. The van der Waals surface area contributed by atoms with Crippen molar-refractivity contribution in [1.29, 1.82) is 0 Å². The van der Waals surface area contributed by atoms with Crippen molar-refractivity contribution < 1.29 is 19.0 Å². The van der Waals surface area contributed by atoms with Gasteiger partial charge in [0.2, 0.25) is 0 Å². The number of aryl methyl sites for hydroxylation is 1. The SMILES string of the molecule is COc1cc(/C=C2\O[C@@H](C)CN([C@H]3CCOc4ccccc43)C2=O)ccc1-n1cnc(C)c1. The highest BCUT2D eigenvalue weighted by Gasteiger charge is 2.37. The molecule has 2 aromatic carbocycles. The van der Waals surface area contributed by atoms with Gasteiger partial charge in [-0.1, -0.05) is 24.3 Å². The maximum absolute atomic E-state index is 13.5. The smallest absolute Gasteiger partial charge is 0.289 e. The van der Waals surface area contributed by atoms with Gasteiger partial charge in [0.05, 0.1) is 44.0 Å². The lowest BCUT2D eigenvalue weighted by Gasteiger charge is -2.40. The van der Waals surface area contributed by atoms with Crippen molar-refractivity contribution in [3.05, 3.63) is 77.6 Å². The van der Waals surface area contributed by atoms with Gasteiger partial charge in [-0.15, -0.1) is 0 Å². The third-order valence-corrected chi connectivity index (χ3v) is 6.05. The van der Waals surface area contributed by atoms with E-state index in [9.17, 15) is 4.79 Å². The first kappa shape index (κ1) is 21.1. The number of hydrogen-bond donors (Lipinski definition) is 0. The lowest BCUT2D eigenvalue weighted by atomic mass is 9.97. The summed E-state index contributed by atoms with van der Waals surface area (Å²) >= 11 is 0. The van der Waals surface area contributed by atoms with Crippen LogP contribution in [0.15, 0.2) is 60.7 Å². The highest BCUT2D eigenvalue weighted by Crippen LogP contribution is 2.38. The van der Waals surface area contributed by atoms with Gasteiger partial charge in [0, 0.05) is 18.2 Å². The molecule has 0 aliphatic carbocycles. The molecular formula is C26H27N3O4. The maximum atomic E-state index is 13.5. The zero-order valence-corrected chi connectivity index (χ0v) is 19.0. The summed E-state index contributed by atoms with van der Waals surface area (Å²) in [5.74, 6) is 1.77. The fourth-order valence-electron chi connectivity index (χ4n) is 4.52. The Kier molecular flexibility index (Phi) is 5.54. The first-order valence-electron chi connectivity index (χ1n) is 11.1. The molecule has 0 radical (unpaired) electrons. The molecule has 0 unspecified atom stereocenters.